The maximum Gasteiger partial charge on any atom is 0.347 e. The van der Waals surface area contributed by atoms with Gasteiger partial charge in [-0.1, -0.05) is 30.0 Å². The molecule has 0 aliphatic rings. The lowest BCUT2D eigenvalue weighted by molar-refractivity contribution is 0.101. The molecular weight excluding hydrogens is 278 g/mol. The van der Waals surface area contributed by atoms with Crippen molar-refractivity contribution < 1.29 is 9.21 Å². The second-order valence-corrected chi connectivity index (χ2v) is 4.95. The van der Waals surface area contributed by atoms with Crippen LogP contribution in [-0.2, 0) is 0 Å². The summed E-state index contributed by atoms with van der Waals surface area (Å²) in [5, 5.41) is 7.57. The number of hydrogen-bond donors (Lipinski definition) is 1. The van der Waals surface area contributed by atoms with Crippen molar-refractivity contribution >= 4 is 28.5 Å². The van der Waals surface area contributed by atoms with E-state index in [4.69, 9.17) is 4.42 Å². The van der Waals surface area contributed by atoms with Crippen LogP contribution in [0.15, 0.2) is 51.0 Å². The van der Waals surface area contributed by atoms with Crippen LogP contribution in [0.3, 0.4) is 0 Å². The van der Waals surface area contributed by atoms with Gasteiger partial charge in [-0.15, -0.1) is 0 Å². The van der Waals surface area contributed by atoms with Gasteiger partial charge in [0.25, 0.3) is 0 Å². The molecule has 2 aromatic heterocycles. The van der Waals surface area contributed by atoms with Crippen molar-refractivity contribution in [2.24, 2.45) is 0 Å². The van der Waals surface area contributed by atoms with Gasteiger partial charge in [0.1, 0.15) is 17.5 Å². The minimum atomic E-state index is -0.619. The Balaban J connectivity index is 1.87. The lowest BCUT2D eigenvalue weighted by Crippen LogP contribution is -2.15. The second-order valence-electron chi connectivity index (χ2n) is 3.99. The first-order chi connectivity index (χ1) is 9.74. The molecule has 1 aromatic carbocycles. The third kappa shape index (κ3) is 2.48. The quantitative estimate of drug-likeness (QED) is 0.448. The first-order valence-electron chi connectivity index (χ1n) is 5.78. The molecule has 0 fully saturated rings. The molecule has 20 heavy (non-hydrogen) atoms. The Hall–Kier alpha value is -2.41. The highest BCUT2D eigenvalue weighted by molar-refractivity contribution is 7.99. The van der Waals surface area contributed by atoms with Crippen LogP contribution in [0.4, 0.5) is 0 Å². The van der Waals surface area contributed by atoms with Crippen LogP contribution in [-0.4, -0.2) is 26.7 Å². The molecule has 0 spiro atoms. The Labute approximate surface area is 117 Å². The number of H-pyrrole nitrogens is 1. The maximum absolute atomic E-state index is 12.1. The van der Waals surface area contributed by atoms with Crippen molar-refractivity contribution in [3.8, 4) is 0 Å². The Bertz CT molecular complexity index is 811. The van der Waals surface area contributed by atoms with Gasteiger partial charge in [-0.25, -0.2) is 9.78 Å². The largest absolute Gasteiger partial charge is 0.422 e. The molecule has 0 bridgehead atoms. The summed E-state index contributed by atoms with van der Waals surface area (Å²) in [7, 11) is 0. The molecule has 0 amide bonds. The number of aromatic nitrogens is 3. The molecule has 2 heterocycles. The van der Waals surface area contributed by atoms with E-state index < -0.39 is 5.63 Å². The van der Waals surface area contributed by atoms with Crippen LogP contribution < -0.4 is 5.63 Å². The summed E-state index contributed by atoms with van der Waals surface area (Å²) in [6.07, 6.45) is 1.36. The fraction of sp³-hybridized carbons (Fsp3) is 0.0769. The number of para-hydroxylation sites is 1. The predicted molar refractivity (Wildman–Crippen MR) is 73.9 cm³/mol. The van der Waals surface area contributed by atoms with E-state index in [-0.39, 0.29) is 17.1 Å². The fourth-order valence-corrected chi connectivity index (χ4v) is 2.39. The smallest absolute Gasteiger partial charge is 0.347 e. The molecule has 3 rings (SSSR count). The Morgan fingerprint density at radius 1 is 1.35 bits per heavy atom. The number of nitrogens with zero attached hydrogens (tertiary/aromatic N) is 2. The molecule has 0 aliphatic carbocycles. The lowest BCUT2D eigenvalue weighted by atomic mass is 10.1. The van der Waals surface area contributed by atoms with Crippen LogP contribution in [0, 0.1) is 0 Å². The van der Waals surface area contributed by atoms with Crippen molar-refractivity contribution in [3.05, 3.63) is 52.6 Å². The van der Waals surface area contributed by atoms with E-state index in [1.54, 1.807) is 24.3 Å². The molecule has 0 aliphatic heterocycles. The van der Waals surface area contributed by atoms with Gasteiger partial charge in [0.15, 0.2) is 10.9 Å². The minimum absolute atomic E-state index is 0.0516. The van der Waals surface area contributed by atoms with E-state index in [0.717, 1.165) is 5.39 Å². The highest BCUT2D eigenvalue weighted by Crippen LogP contribution is 2.16. The van der Waals surface area contributed by atoms with Crippen LogP contribution >= 0.6 is 11.8 Å². The zero-order valence-electron chi connectivity index (χ0n) is 10.2. The molecule has 3 aromatic rings. The highest BCUT2D eigenvalue weighted by Gasteiger charge is 2.14. The molecule has 0 radical (unpaired) electrons. The van der Waals surface area contributed by atoms with Gasteiger partial charge in [0, 0.05) is 5.39 Å². The van der Waals surface area contributed by atoms with E-state index in [1.165, 1.54) is 18.1 Å². The van der Waals surface area contributed by atoms with Crippen molar-refractivity contribution in [3.63, 3.8) is 0 Å². The zero-order valence-corrected chi connectivity index (χ0v) is 11.0. The van der Waals surface area contributed by atoms with Crippen LogP contribution in [0.2, 0.25) is 0 Å². The first kappa shape index (κ1) is 12.6. The van der Waals surface area contributed by atoms with E-state index >= 15 is 0 Å². The number of nitrogens with one attached hydrogen (secondary N) is 1. The number of rotatable bonds is 4. The van der Waals surface area contributed by atoms with Gasteiger partial charge in [0.05, 0.1) is 5.75 Å². The highest BCUT2D eigenvalue weighted by atomic mass is 32.2. The van der Waals surface area contributed by atoms with Crippen molar-refractivity contribution in [1.82, 2.24) is 15.2 Å². The SMILES string of the molecule is O=C(CSc1ncn[nH]1)c1cc2ccccc2oc1=O. The summed E-state index contributed by atoms with van der Waals surface area (Å²) in [6, 6.07) is 8.63. The lowest BCUT2D eigenvalue weighted by Gasteiger charge is -2.00. The first-order valence-corrected chi connectivity index (χ1v) is 6.77. The van der Waals surface area contributed by atoms with Gasteiger partial charge in [-0.05, 0) is 12.1 Å². The predicted octanol–water partition coefficient (Wildman–Crippen LogP) is 1.89. The minimum Gasteiger partial charge on any atom is -0.422 e. The zero-order chi connectivity index (χ0) is 13.9. The summed E-state index contributed by atoms with van der Waals surface area (Å²) in [5.74, 6) is -0.205. The number of thioether (sulfide) groups is 1. The number of carbonyl (C=O) groups excluding carboxylic acids is 1. The molecule has 0 unspecified atom stereocenters. The van der Waals surface area contributed by atoms with Crippen LogP contribution in [0.5, 0.6) is 0 Å². The van der Waals surface area contributed by atoms with E-state index in [1.807, 2.05) is 6.07 Å². The third-order valence-electron chi connectivity index (χ3n) is 2.67. The molecule has 6 nitrogen and oxygen atoms in total. The Morgan fingerprint density at radius 3 is 3.00 bits per heavy atom. The molecule has 1 N–H and O–H groups in total. The molecule has 7 heteroatoms. The van der Waals surface area contributed by atoms with Gasteiger partial charge >= 0.3 is 5.63 Å². The maximum atomic E-state index is 12.1. The summed E-state index contributed by atoms with van der Waals surface area (Å²) < 4.78 is 5.13. The topological polar surface area (TPSA) is 88.8 Å². The van der Waals surface area contributed by atoms with Gasteiger partial charge in [-0.3, -0.25) is 9.89 Å². The Kier molecular flexibility index (Phi) is 3.34. The summed E-state index contributed by atoms with van der Waals surface area (Å²) in [4.78, 5) is 27.8. The number of benzene rings is 1. The number of Topliss-reactive ketones (excluding diaryl/α,β-unsaturated/α-hetero) is 1. The van der Waals surface area contributed by atoms with Gasteiger partial charge < -0.3 is 4.42 Å². The van der Waals surface area contributed by atoms with Crippen LogP contribution in [0.1, 0.15) is 10.4 Å². The summed E-state index contributed by atoms with van der Waals surface area (Å²) in [5.41, 5.74) is -0.0977. The summed E-state index contributed by atoms with van der Waals surface area (Å²) >= 11 is 1.18. The number of hydrogen-bond acceptors (Lipinski definition) is 6. The molecule has 0 saturated carbocycles. The van der Waals surface area contributed by atoms with Crippen molar-refractivity contribution in [2.75, 3.05) is 5.75 Å². The van der Waals surface area contributed by atoms with E-state index in [0.29, 0.717) is 10.7 Å². The van der Waals surface area contributed by atoms with E-state index in [9.17, 15) is 9.59 Å². The Morgan fingerprint density at radius 2 is 2.20 bits per heavy atom. The molecule has 0 saturated heterocycles. The number of ketones is 1. The monoisotopic (exact) mass is 287 g/mol. The number of aromatic amines is 1. The standard InChI is InChI=1S/C13H9N3O3S/c17-10(6-20-13-14-7-15-16-13)9-5-8-3-1-2-4-11(8)19-12(9)18/h1-5,7H,6H2,(H,14,15,16). The second kappa shape index (κ2) is 5.30. The number of fused-ring (bicyclic) bond motifs is 1. The van der Waals surface area contributed by atoms with Crippen LogP contribution in [0.25, 0.3) is 11.0 Å². The third-order valence-corrected chi connectivity index (χ3v) is 3.55. The van der Waals surface area contributed by atoms with E-state index in [2.05, 4.69) is 15.2 Å². The van der Waals surface area contributed by atoms with Crippen molar-refractivity contribution in [2.45, 2.75) is 5.16 Å². The molecule has 100 valence electrons. The molecular formula is C13H9N3O3S. The average molecular weight is 287 g/mol. The van der Waals surface area contributed by atoms with Gasteiger partial charge in [-0.2, -0.15) is 5.10 Å². The van der Waals surface area contributed by atoms with Crippen molar-refractivity contribution in [1.29, 1.82) is 0 Å². The van der Waals surface area contributed by atoms with Gasteiger partial charge in [0.2, 0.25) is 0 Å². The average Bonchev–Trinajstić information content (AvgIpc) is 2.97. The summed E-state index contributed by atoms with van der Waals surface area (Å²) in [6.45, 7) is 0. The number of carbonyl (C=O) groups is 1. The molecule has 0 atom stereocenters. The normalized spacial score (nSPS) is 10.8. The fourth-order valence-electron chi connectivity index (χ4n) is 1.73.